The zero-order valence-electron chi connectivity index (χ0n) is 11.6. The van der Waals surface area contributed by atoms with E-state index in [0.29, 0.717) is 13.0 Å². The lowest BCUT2D eigenvalue weighted by molar-refractivity contribution is 0.588. The molecular formula is C12H17N3O2S3. The smallest absolute Gasteiger partial charge is 0.208 e. The van der Waals surface area contributed by atoms with E-state index in [1.165, 1.54) is 6.26 Å². The molecule has 0 unspecified atom stereocenters. The van der Waals surface area contributed by atoms with Gasteiger partial charge in [-0.25, -0.2) is 18.1 Å². The molecule has 2 aromatic heterocycles. The van der Waals surface area contributed by atoms with Crippen molar-refractivity contribution in [1.29, 1.82) is 0 Å². The van der Waals surface area contributed by atoms with Crippen molar-refractivity contribution in [3.05, 3.63) is 22.4 Å². The predicted octanol–water partition coefficient (Wildman–Crippen LogP) is 2.03. The molecule has 1 N–H and O–H groups in total. The van der Waals surface area contributed by atoms with Crippen molar-refractivity contribution in [3.63, 3.8) is 0 Å². The maximum Gasteiger partial charge on any atom is 0.208 e. The molecule has 8 heteroatoms. The summed E-state index contributed by atoms with van der Waals surface area (Å²) < 4.78 is 24.5. The van der Waals surface area contributed by atoms with Crippen LogP contribution in [-0.4, -0.2) is 40.3 Å². The third-order valence-corrected chi connectivity index (χ3v) is 5.43. The highest BCUT2D eigenvalue weighted by molar-refractivity contribution is 7.88. The minimum Gasteiger partial charge on any atom is -0.354 e. The lowest BCUT2D eigenvalue weighted by Gasteiger charge is -2.05. The molecule has 2 aromatic rings. The molecule has 0 saturated heterocycles. The van der Waals surface area contributed by atoms with Gasteiger partial charge in [-0.1, -0.05) is 0 Å². The quantitative estimate of drug-likeness (QED) is 0.880. The Bertz CT molecular complexity index is 674. The average molecular weight is 331 g/mol. The minimum atomic E-state index is -3.11. The van der Waals surface area contributed by atoms with Crippen molar-refractivity contribution in [3.8, 4) is 10.6 Å². The van der Waals surface area contributed by atoms with Gasteiger partial charge >= 0.3 is 0 Å². The topological polar surface area (TPSA) is 62.3 Å². The van der Waals surface area contributed by atoms with Gasteiger partial charge in [-0.2, -0.15) is 0 Å². The summed E-state index contributed by atoms with van der Waals surface area (Å²) in [5.74, 6) is 0. The number of rotatable bonds is 6. The van der Waals surface area contributed by atoms with Crippen molar-refractivity contribution in [1.82, 2.24) is 9.71 Å². The van der Waals surface area contributed by atoms with Crippen LogP contribution in [-0.2, 0) is 16.4 Å². The highest BCUT2D eigenvalue weighted by Gasteiger charge is 2.09. The first-order valence-corrected chi connectivity index (χ1v) is 9.60. The molecular weight excluding hydrogens is 314 g/mol. The standard InChI is InChI=1S/C12H17N3O2S3/c1-15(2)12-14-10(8-18-12)11-5-4-9(19-11)6-7-13-20(3,16)17/h4-5,8,13H,6-7H2,1-3H3. The SMILES string of the molecule is CN(C)c1nc(-c2ccc(CCNS(C)(=O)=O)s2)cs1. The zero-order valence-corrected chi connectivity index (χ0v) is 14.0. The Morgan fingerprint density at radius 1 is 1.35 bits per heavy atom. The molecule has 2 heterocycles. The van der Waals surface area contributed by atoms with Crippen LogP contribution in [0, 0.1) is 0 Å². The Labute approximate surface area is 127 Å². The number of sulfonamides is 1. The van der Waals surface area contributed by atoms with Crippen LogP contribution in [0.2, 0.25) is 0 Å². The van der Waals surface area contributed by atoms with Crippen LogP contribution in [0.15, 0.2) is 17.5 Å². The maximum atomic E-state index is 11.0. The second-order valence-corrected chi connectivity index (χ2v) is 8.43. The number of hydrogen-bond donors (Lipinski definition) is 1. The van der Waals surface area contributed by atoms with Crippen molar-refractivity contribution in [2.24, 2.45) is 0 Å². The van der Waals surface area contributed by atoms with Crippen LogP contribution in [0.5, 0.6) is 0 Å². The first kappa shape index (κ1) is 15.4. The molecule has 0 spiro atoms. The molecule has 110 valence electrons. The summed E-state index contributed by atoms with van der Waals surface area (Å²) in [7, 11) is 0.836. The average Bonchev–Trinajstić information content (AvgIpc) is 2.94. The molecule has 0 aliphatic rings. The van der Waals surface area contributed by atoms with E-state index in [0.717, 1.165) is 20.6 Å². The van der Waals surface area contributed by atoms with E-state index in [-0.39, 0.29) is 0 Å². The van der Waals surface area contributed by atoms with E-state index < -0.39 is 10.0 Å². The number of nitrogens with zero attached hydrogens (tertiary/aromatic N) is 2. The summed E-state index contributed by atoms with van der Waals surface area (Å²) >= 11 is 3.27. The normalized spacial score (nSPS) is 11.8. The Balaban J connectivity index is 2.01. The number of thiazole rings is 1. The van der Waals surface area contributed by atoms with Crippen LogP contribution in [0.3, 0.4) is 0 Å². The van der Waals surface area contributed by atoms with Gasteiger partial charge in [0.25, 0.3) is 0 Å². The van der Waals surface area contributed by atoms with Crippen LogP contribution in [0.25, 0.3) is 10.6 Å². The molecule has 0 aliphatic carbocycles. The molecule has 0 bridgehead atoms. The summed E-state index contributed by atoms with van der Waals surface area (Å²) in [4.78, 5) is 8.80. The fraction of sp³-hybridized carbons (Fsp3) is 0.417. The van der Waals surface area contributed by atoms with E-state index >= 15 is 0 Å². The molecule has 0 aliphatic heterocycles. The molecule has 0 saturated carbocycles. The lowest BCUT2D eigenvalue weighted by Crippen LogP contribution is -2.23. The number of nitrogens with one attached hydrogen (secondary N) is 1. The molecule has 2 rings (SSSR count). The van der Waals surface area contributed by atoms with Gasteiger partial charge in [0.1, 0.15) is 0 Å². The van der Waals surface area contributed by atoms with Gasteiger partial charge in [0.05, 0.1) is 16.8 Å². The van der Waals surface area contributed by atoms with Crippen LogP contribution >= 0.6 is 22.7 Å². The molecule has 0 atom stereocenters. The number of thiophene rings is 1. The van der Waals surface area contributed by atoms with Crippen LogP contribution in [0.1, 0.15) is 4.88 Å². The Morgan fingerprint density at radius 3 is 2.70 bits per heavy atom. The van der Waals surface area contributed by atoms with Gasteiger partial charge in [0.2, 0.25) is 10.0 Å². The van der Waals surface area contributed by atoms with E-state index in [2.05, 4.69) is 9.71 Å². The number of aromatic nitrogens is 1. The van der Waals surface area contributed by atoms with Crippen LogP contribution < -0.4 is 9.62 Å². The fourth-order valence-electron chi connectivity index (χ4n) is 1.59. The highest BCUT2D eigenvalue weighted by Crippen LogP contribution is 2.31. The van der Waals surface area contributed by atoms with Gasteiger partial charge in [-0.15, -0.1) is 22.7 Å². The largest absolute Gasteiger partial charge is 0.354 e. The Kier molecular flexibility index (Phi) is 4.79. The first-order chi connectivity index (χ1) is 9.35. The Hall–Kier alpha value is -0.960. The molecule has 20 heavy (non-hydrogen) atoms. The lowest BCUT2D eigenvalue weighted by atomic mass is 10.3. The monoisotopic (exact) mass is 331 g/mol. The molecule has 0 aromatic carbocycles. The summed E-state index contributed by atoms with van der Waals surface area (Å²) in [5.41, 5.74) is 0.978. The van der Waals surface area contributed by atoms with Crippen LogP contribution in [0.4, 0.5) is 5.13 Å². The molecule has 5 nitrogen and oxygen atoms in total. The summed E-state index contributed by atoms with van der Waals surface area (Å²) in [5, 5.41) is 3.02. The minimum absolute atomic E-state index is 0.429. The summed E-state index contributed by atoms with van der Waals surface area (Å²) in [6, 6.07) is 4.06. The second kappa shape index (κ2) is 6.21. The third kappa shape index (κ3) is 4.27. The summed E-state index contributed by atoms with van der Waals surface area (Å²) in [6.45, 7) is 0.429. The zero-order chi connectivity index (χ0) is 14.8. The maximum absolute atomic E-state index is 11.0. The van der Waals surface area contributed by atoms with Gasteiger partial charge < -0.3 is 4.90 Å². The van der Waals surface area contributed by atoms with Gasteiger partial charge in [-0.05, 0) is 18.6 Å². The van der Waals surface area contributed by atoms with Crippen molar-refractivity contribution in [2.45, 2.75) is 6.42 Å². The second-order valence-electron chi connectivity index (χ2n) is 4.59. The number of hydrogen-bond acceptors (Lipinski definition) is 6. The molecule has 0 fully saturated rings. The Morgan fingerprint density at radius 2 is 2.10 bits per heavy atom. The van der Waals surface area contributed by atoms with Gasteiger partial charge in [0, 0.05) is 30.9 Å². The van der Waals surface area contributed by atoms with Gasteiger partial charge in [0.15, 0.2) is 5.13 Å². The summed E-state index contributed by atoms with van der Waals surface area (Å²) in [6.07, 6.45) is 1.87. The van der Waals surface area contributed by atoms with Crippen molar-refractivity contribution >= 4 is 37.8 Å². The first-order valence-electron chi connectivity index (χ1n) is 6.02. The predicted molar refractivity (Wildman–Crippen MR) is 86.3 cm³/mol. The van der Waals surface area contributed by atoms with E-state index in [9.17, 15) is 8.42 Å². The van der Waals surface area contributed by atoms with Crippen molar-refractivity contribution in [2.75, 3.05) is 31.8 Å². The molecule has 0 amide bonds. The number of anilines is 1. The van der Waals surface area contributed by atoms with E-state index in [1.807, 2.05) is 36.5 Å². The van der Waals surface area contributed by atoms with Gasteiger partial charge in [-0.3, -0.25) is 0 Å². The van der Waals surface area contributed by atoms with E-state index in [1.54, 1.807) is 22.7 Å². The third-order valence-electron chi connectivity index (χ3n) is 2.52. The van der Waals surface area contributed by atoms with E-state index in [4.69, 9.17) is 0 Å². The molecule has 0 radical (unpaired) electrons. The fourth-order valence-corrected chi connectivity index (χ4v) is 3.87. The highest BCUT2D eigenvalue weighted by atomic mass is 32.2. The van der Waals surface area contributed by atoms with Crippen molar-refractivity contribution < 1.29 is 8.42 Å².